The molecule has 2 aromatic rings. The summed E-state index contributed by atoms with van der Waals surface area (Å²) in [5, 5.41) is 16.0. The molecule has 0 aliphatic heterocycles. The van der Waals surface area contributed by atoms with Crippen molar-refractivity contribution in [3.05, 3.63) is 35.2 Å². The molecular weight excluding hydrogens is 334 g/mol. The Labute approximate surface area is 144 Å². The molecule has 1 unspecified atom stereocenters. The summed E-state index contributed by atoms with van der Waals surface area (Å²) in [5.74, 6) is -0.908. The van der Waals surface area contributed by atoms with Gasteiger partial charge < -0.3 is 14.9 Å². The van der Waals surface area contributed by atoms with Crippen LogP contribution < -0.4 is 5.32 Å². The van der Waals surface area contributed by atoms with Crippen molar-refractivity contribution in [2.24, 2.45) is 5.92 Å². The zero-order valence-corrected chi connectivity index (χ0v) is 14.1. The van der Waals surface area contributed by atoms with E-state index in [2.05, 4.69) is 15.5 Å². The van der Waals surface area contributed by atoms with E-state index in [-0.39, 0.29) is 24.7 Å². The fourth-order valence-electron chi connectivity index (χ4n) is 2.05. The Hall–Kier alpha value is -2.41. The number of rotatable bonds is 7. The zero-order valence-electron chi connectivity index (χ0n) is 13.3. The minimum Gasteiger partial charge on any atom is -0.480 e. The number of nitrogens with zero attached hydrogens (tertiary/aromatic N) is 2. The van der Waals surface area contributed by atoms with Gasteiger partial charge in [-0.3, -0.25) is 4.79 Å². The summed E-state index contributed by atoms with van der Waals surface area (Å²) >= 11 is 5.82. The molecule has 24 heavy (non-hydrogen) atoms. The maximum absolute atomic E-state index is 11.9. The van der Waals surface area contributed by atoms with Crippen molar-refractivity contribution in [1.82, 2.24) is 15.5 Å². The molecule has 0 aliphatic rings. The first-order chi connectivity index (χ1) is 11.4. The van der Waals surface area contributed by atoms with Crippen LogP contribution in [0.5, 0.6) is 0 Å². The number of hydrogen-bond donors (Lipinski definition) is 2. The number of aliphatic carboxylic acids is 1. The highest BCUT2D eigenvalue weighted by molar-refractivity contribution is 6.30. The van der Waals surface area contributed by atoms with E-state index in [1.807, 2.05) is 0 Å². The van der Waals surface area contributed by atoms with E-state index in [0.717, 1.165) is 5.56 Å². The number of carboxylic acid groups (broad SMARTS) is 1. The van der Waals surface area contributed by atoms with Crippen molar-refractivity contribution in [1.29, 1.82) is 0 Å². The van der Waals surface area contributed by atoms with Crippen molar-refractivity contribution in [2.45, 2.75) is 32.7 Å². The van der Waals surface area contributed by atoms with Gasteiger partial charge in [0.15, 0.2) is 0 Å². The molecular formula is C16H18ClN3O4. The number of nitrogens with one attached hydrogen (secondary N) is 1. The molecule has 1 aromatic heterocycles. The summed E-state index contributed by atoms with van der Waals surface area (Å²) in [6.45, 7) is 3.46. The van der Waals surface area contributed by atoms with E-state index in [0.29, 0.717) is 16.7 Å². The van der Waals surface area contributed by atoms with Crippen molar-refractivity contribution in [3.8, 4) is 11.4 Å². The molecule has 0 saturated heterocycles. The van der Waals surface area contributed by atoms with Gasteiger partial charge in [0.2, 0.25) is 17.6 Å². The molecule has 7 nitrogen and oxygen atoms in total. The number of carbonyl (C=O) groups is 2. The average Bonchev–Trinajstić information content (AvgIpc) is 2.99. The fourth-order valence-corrected chi connectivity index (χ4v) is 2.18. The topological polar surface area (TPSA) is 105 Å². The van der Waals surface area contributed by atoms with Gasteiger partial charge in [0.1, 0.15) is 6.04 Å². The Morgan fingerprint density at radius 2 is 1.96 bits per heavy atom. The second kappa shape index (κ2) is 7.92. The van der Waals surface area contributed by atoms with Crippen molar-refractivity contribution in [2.75, 3.05) is 0 Å². The average molecular weight is 352 g/mol. The largest absolute Gasteiger partial charge is 0.480 e. The molecule has 1 aromatic carbocycles. The summed E-state index contributed by atoms with van der Waals surface area (Å²) in [7, 11) is 0. The van der Waals surface area contributed by atoms with E-state index < -0.39 is 12.0 Å². The lowest BCUT2D eigenvalue weighted by Crippen LogP contribution is -2.44. The standard InChI is InChI=1S/C16H18ClN3O4/c1-9(2)14(16(22)23)18-12(21)7-8-13-19-15(20-24-13)10-3-5-11(17)6-4-10/h3-6,9,14H,7-8H2,1-2H3,(H,18,21)(H,22,23). The Kier molecular flexibility index (Phi) is 5.92. The summed E-state index contributed by atoms with van der Waals surface area (Å²) < 4.78 is 5.11. The fraction of sp³-hybridized carbons (Fsp3) is 0.375. The summed E-state index contributed by atoms with van der Waals surface area (Å²) in [5.41, 5.74) is 0.754. The number of benzene rings is 1. The SMILES string of the molecule is CC(C)C(NC(=O)CCc1nc(-c2ccc(Cl)cc2)no1)C(=O)O. The van der Waals surface area contributed by atoms with Crippen LogP contribution in [0.2, 0.25) is 5.02 Å². The maximum atomic E-state index is 11.9. The van der Waals surface area contributed by atoms with Gasteiger partial charge >= 0.3 is 5.97 Å². The second-order valence-corrected chi connectivity index (χ2v) is 6.08. The number of carbonyl (C=O) groups excluding carboxylic acids is 1. The summed E-state index contributed by atoms with van der Waals surface area (Å²) in [6, 6.07) is 6.06. The predicted molar refractivity (Wildman–Crippen MR) is 87.5 cm³/mol. The van der Waals surface area contributed by atoms with Gasteiger partial charge in [-0.05, 0) is 30.2 Å². The highest BCUT2D eigenvalue weighted by atomic mass is 35.5. The highest BCUT2D eigenvalue weighted by Gasteiger charge is 2.23. The molecule has 0 aliphatic carbocycles. The van der Waals surface area contributed by atoms with Gasteiger partial charge in [0, 0.05) is 23.4 Å². The first-order valence-electron chi connectivity index (χ1n) is 7.47. The summed E-state index contributed by atoms with van der Waals surface area (Å²) in [4.78, 5) is 27.2. The Morgan fingerprint density at radius 1 is 1.29 bits per heavy atom. The maximum Gasteiger partial charge on any atom is 0.326 e. The molecule has 1 atom stereocenters. The summed E-state index contributed by atoms with van der Waals surface area (Å²) in [6.07, 6.45) is 0.301. The number of halogens is 1. The molecule has 1 amide bonds. The van der Waals surface area contributed by atoms with Crippen molar-refractivity contribution >= 4 is 23.5 Å². The van der Waals surface area contributed by atoms with Crippen LogP contribution in [0.1, 0.15) is 26.2 Å². The van der Waals surface area contributed by atoms with E-state index in [9.17, 15) is 9.59 Å². The third kappa shape index (κ3) is 4.79. The van der Waals surface area contributed by atoms with Gasteiger partial charge in [-0.1, -0.05) is 30.6 Å². The molecule has 2 N–H and O–H groups in total. The first kappa shape index (κ1) is 17.9. The molecule has 128 valence electrons. The lowest BCUT2D eigenvalue weighted by molar-refractivity contribution is -0.143. The molecule has 0 bridgehead atoms. The van der Waals surface area contributed by atoms with Crippen LogP contribution in [-0.4, -0.2) is 33.2 Å². The van der Waals surface area contributed by atoms with Gasteiger partial charge in [-0.25, -0.2) is 4.79 Å². The number of hydrogen-bond acceptors (Lipinski definition) is 5. The molecule has 1 heterocycles. The Bertz CT molecular complexity index is 712. The van der Waals surface area contributed by atoms with Crippen LogP contribution in [-0.2, 0) is 16.0 Å². The van der Waals surface area contributed by atoms with Gasteiger partial charge in [0.25, 0.3) is 0 Å². The number of carboxylic acids is 1. The van der Waals surface area contributed by atoms with E-state index >= 15 is 0 Å². The lowest BCUT2D eigenvalue weighted by atomic mass is 10.0. The van der Waals surface area contributed by atoms with Gasteiger partial charge in [-0.15, -0.1) is 0 Å². The third-order valence-electron chi connectivity index (χ3n) is 3.39. The minimum absolute atomic E-state index is 0.0682. The van der Waals surface area contributed by atoms with E-state index in [1.165, 1.54) is 0 Å². The van der Waals surface area contributed by atoms with Crippen LogP contribution in [0.15, 0.2) is 28.8 Å². The molecule has 0 radical (unpaired) electrons. The van der Waals surface area contributed by atoms with Crippen molar-refractivity contribution < 1.29 is 19.2 Å². The second-order valence-electron chi connectivity index (χ2n) is 5.65. The lowest BCUT2D eigenvalue weighted by Gasteiger charge is -2.17. The van der Waals surface area contributed by atoms with Crippen LogP contribution in [0, 0.1) is 5.92 Å². The zero-order chi connectivity index (χ0) is 17.7. The van der Waals surface area contributed by atoms with Gasteiger partial charge in [-0.2, -0.15) is 4.98 Å². The molecule has 8 heteroatoms. The quantitative estimate of drug-likeness (QED) is 0.794. The number of aryl methyl sites for hydroxylation is 1. The third-order valence-corrected chi connectivity index (χ3v) is 3.64. The van der Waals surface area contributed by atoms with Crippen LogP contribution in [0.4, 0.5) is 0 Å². The first-order valence-corrected chi connectivity index (χ1v) is 7.85. The normalized spacial score (nSPS) is 12.2. The Balaban J connectivity index is 1.92. The van der Waals surface area contributed by atoms with Crippen LogP contribution in [0.25, 0.3) is 11.4 Å². The number of amides is 1. The van der Waals surface area contributed by atoms with Crippen LogP contribution in [0.3, 0.4) is 0 Å². The minimum atomic E-state index is -1.05. The van der Waals surface area contributed by atoms with Gasteiger partial charge in [0.05, 0.1) is 0 Å². The molecule has 2 rings (SSSR count). The Morgan fingerprint density at radius 3 is 2.54 bits per heavy atom. The predicted octanol–water partition coefficient (Wildman–Crippen LogP) is 2.55. The van der Waals surface area contributed by atoms with E-state index in [4.69, 9.17) is 21.2 Å². The molecule has 0 saturated carbocycles. The highest BCUT2D eigenvalue weighted by Crippen LogP contribution is 2.19. The molecule has 0 spiro atoms. The smallest absolute Gasteiger partial charge is 0.326 e. The van der Waals surface area contributed by atoms with E-state index in [1.54, 1.807) is 38.1 Å². The van der Waals surface area contributed by atoms with Crippen LogP contribution >= 0.6 is 11.6 Å². The number of aromatic nitrogens is 2. The monoisotopic (exact) mass is 351 g/mol. The van der Waals surface area contributed by atoms with Crippen molar-refractivity contribution in [3.63, 3.8) is 0 Å². The molecule has 0 fully saturated rings.